The summed E-state index contributed by atoms with van der Waals surface area (Å²) in [7, 11) is 0. The molecule has 2 aromatic heterocycles. The number of aromatic amines is 1. The number of anilines is 2. The molecule has 0 amide bonds. The molecular formula is C27H33ClF3N5O. The van der Waals surface area contributed by atoms with E-state index in [0.29, 0.717) is 24.6 Å². The van der Waals surface area contributed by atoms with Crippen molar-refractivity contribution < 1.29 is 18.3 Å². The third-order valence-electron chi connectivity index (χ3n) is 7.05. The average Bonchev–Trinajstić information content (AvgIpc) is 3.25. The van der Waals surface area contributed by atoms with E-state index in [1.165, 1.54) is 32.0 Å². The standard InChI is InChI=1S/C27H33ClF3N5O/c1-5-17-11-16(8-9-36(17)14-18-21(29)7-6-20(28)25(18)30)12-22-26(31)19(27(3,4)37)13-23(32-22)33-24-10-15(2)34-35-24/h6-7,10,13,16-17,37H,5,8-9,11-12,14H2,1-4H3,(H2,32,33,34,35)/t16-,17-/m1/s1. The van der Waals surface area contributed by atoms with Crippen LogP contribution in [-0.2, 0) is 18.6 Å². The highest BCUT2D eigenvalue weighted by Gasteiger charge is 2.31. The molecule has 200 valence electrons. The summed E-state index contributed by atoms with van der Waals surface area (Å²) >= 11 is 5.88. The monoisotopic (exact) mass is 535 g/mol. The van der Waals surface area contributed by atoms with Crippen LogP contribution in [0.5, 0.6) is 0 Å². The van der Waals surface area contributed by atoms with Gasteiger partial charge in [0.2, 0.25) is 0 Å². The van der Waals surface area contributed by atoms with Gasteiger partial charge in [0.1, 0.15) is 17.5 Å². The lowest BCUT2D eigenvalue weighted by molar-refractivity contribution is 0.0738. The van der Waals surface area contributed by atoms with E-state index in [1.54, 1.807) is 0 Å². The normalized spacial score (nSPS) is 18.8. The second-order valence-corrected chi connectivity index (χ2v) is 10.8. The van der Waals surface area contributed by atoms with Crippen LogP contribution in [0, 0.1) is 30.3 Å². The number of hydrogen-bond acceptors (Lipinski definition) is 5. The molecule has 10 heteroatoms. The summed E-state index contributed by atoms with van der Waals surface area (Å²) in [5.41, 5.74) is -0.139. The van der Waals surface area contributed by atoms with Crippen molar-refractivity contribution in [1.82, 2.24) is 20.1 Å². The van der Waals surface area contributed by atoms with Gasteiger partial charge < -0.3 is 10.4 Å². The Morgan fingerprint density at radius 2 is 1.95 bits per heavy atom. The Labute approximate surface area is 220 Å². The molecule has 3 N–H and O–H groups in total. The Morgan fingerprint density at radius 3 is 2.59 bits per heavy atom. The Morgan fingerprint density at radius 1 is 1.19 bits per heavy atom. The molecule has 3 aromatic rings. The number of likely N-dealkylation sites (tertiary alicyclic amines) is 1. The zero-order valence-corrected chi connectivity index (χ0v) is 22.3. The molecule has 1 aromatic carbocycles. The molecule has 0 bridgehead atoms. The maximum atomic E-state index is 15.5. The highest BCUT2D eigenvalue weighted by Crippen LogP contribution is 2.34. The molecule has 1 aliphatic rings. The summed E-state index contributed by atoms with van der Waals surface area (Å²) in [4.78, 5) is 6.60. The van der Waals surface area contributed by atoms with Gasteiger partial charge in [0.05, 0.1) is 16.3 Å². The molecule has 2 atom stereocenters. The third kappa shape index (κ3) is 6.27. The summed E-state index contributed by atoms with van der Waals surface area (Å²) in [6, 6.07) is 5.80. The lowest BCUT2D eigenvalue weighted by Gasteiger charge is -2.39. The lowest BCUT2D eigenvalue weighted by Crippen LogP contribution is -2.42. The second-order valence-electron chi connectivity index (χ2n) is 10.4. The molecule has 0 spiro atoms. The SMILES string of the molecule is CC[C@@H]1C[C@H](Cc2nc(Nc3cc(C)[nH]n3)cc(C(C)(C)O)c2F)CCN1Cc1c(F)ccc(Cl)c1F. The smallest absolute Gasteiger partial charge is 0.153 e. The van der Waals surface area contributed by atoms with Crippen molar-refractivity contribution in [2.45, 2.75) is 71.6 Å². The van der Waals surface area contributed by atoms with Gasteiger partial charge in [-0.05, 0) is 77.1 Å². The number of rotatable bonds is 8. The number of aliphatic hydroxyl groups is 1. The fourth-order valence-corrected chi connectivity index (χ4v) is 5.21. The number of nitrogens with zero attached hydrogens (tertiary/aromatic N) is 3. The van der Waals surface area contributed by atoms with Crippen LogP contribution in [0.1, 0.15) is 62.5 Å². The first-order valence-electron chi connectivity index (χ1n) is 12.5. The Bertz CT molecular complexity index is 1260. The van der Waals surface area contributed by atoms with Gasteiger partial charge >= 0.3 is 0 Å². The number of aromatic nitrogens is 3. The van der Waals surface area contributed by atoms with Gasteiger partial charge in [-0.3, -0.25) is 10.00 Å². The quantitative estimate of drug-likeness (QED) is 0.291. The minimum absolute atomic E-state index is 0.0284. The molecule has 1 fully saturated rings. The number of piperidine rings is 1. The topological polar surface area (TPSA) is 77.1 Å². The Hall–Kier alpha value is -2.62. The zero-order valence-electron chi connectivity index (χ0n) is 21.5. The number of benzene rings is 1. The van der Waals surface area contributed by atoms with Crippen molar-refractivity contribution in [3.05, 3.63) is 69.3 Å². The van der Waals surface area contributed by atoms with Gasteiger partial charge in [-0.15, -0.1) is 0 Å². The largest absolute Gasteiger partial charge is 0.386 e. The van der Waals surface area contributed by atoms with Crippen LogP contribution in [0.15, 0.2) is 24.3 Å². The Balaban J connectivity index is 1.54. The van der Waals surface area contributed by atoms with E-state index in [-0.39, 0.29) is 40.3 Å². The molecule has 0 unspecified atom stereocenters. The first kappa shape index (κ1) is 27.4. The van der Waals surface area contributed by atoms with Crippen molar-refractivity contribution in [1.29, 1.82) is 0 Å². The van der Waals surface area contributed by atoms with Crippen LogP contribution in [-0.4, -0.2) is 37.8 Å². The molecule has 4 rings (SSSR count). The van der Waals surface area contributed by atoms with E-state index in [2.05, 4.69) is 25.4 Å². The predicted octanol–water partition coefficient (Wildman–Crippen LogP) is 6.39. The highest BCUT2D eigenvalue weighted by atomic mass is 35.5. The van der Waals surface area contributed by atoms with Gasteiger partial charge in [-0.2, -0.15) is 5.10 Å². The third-order valence-corrected chi connectivity index (χ3v) is 7.34. The molecule has 0 aliphatic carbocycles. The van der Waals surface area contributed by atoms with E-state index in [4.69, 9.17) is 11.6 Å². The zero-order chi connectivity index (χ0) is 26.9. The molecule has 0 saturated carbocycles. The van der Waals surface area contributed by atoms with Crippen molar-refractivity contribution in [3.63, 3.8) is 0 Å². The van der Waals surface area contributed by atoms with Gasteiger partial charge in [-0.25, -0.2) is 18.2 Å². The summed E-state index contributed by atoms with van der Waals surface area (Å²) < 4.78 is 44.4. The maximum Gasteiger partial charge on any atom is 0.153 e. The number of aryl methyl sites for hydroxylation is 1. The van der Waals surface area contributed by atoms with Crippen molar-refractivity contribution in [3.8, 4) is 0 Å². The van der Waals surface area contributed by atoms with Crippen LogP contribution in [0.25, 0.3) is 0 Å². The maximum absolute atomic E-state index is 15.5. The number of H-pyrrole nitrogens is 1. The summed E-state index contributed by atoms with van der Waals surface area (Å²) in [6.45, 7) is 7.72. The fraction of sp³-hybridized carbons (Fsp3) is 0.481. The molecular weight excluding hydrogens is 503 g/mol. The molecule has 1 aliphatic heterocycles. The lowest BCUT2D eigenvalue weighted by atomic mass is 9.85. The van der Waals surface area contributed by atoms with E-state index in [0.717, 1.165) is 25.0 Å². The van der Waals surface area contributed by atoms with Gasteiger partial charge in [0.15, 0.2) is 11.6 Å². The van der Waals surface area contributed by atoms with E-state index >= 15 is 4.39 Å². The number of pyridine rings is 1. The first-order valence-corrected chi connectivity index (χ1v) is 12.9. The molecule has 6 nitrogen and oxygen atoms in total. The minimum atomic E-state index is -1.40. The second kappa shape index (κ2) is 11.0. The van der Waals surface area contributed by atoms with Crippen LogP contribution in [0.2, 0.25) is 5.02 Å². The van der Waals surface area contributed by atoms with E-state index in [1.807, 2.05) is 19.9 Å². The summed E-state index contributed by atoms with van der Waals surface area (Å²) in [5, 5.41) is 20.6. The number of halogens is 4. The Kier molecular flexibility index (Phi) is 8.16. The average molecular weight is 536 g/mol. The van der Waals surface area contributed by atoms with Gasteiger partial charge in [0, 0.05) is 35.5 Å². The van der Waals surface area contributed by atoms with Gasteiger partial charge in [0.25, 0.3) is 0 Å². The molecule has 0 radical (unpaired) electrons. The van der Waals surface area contributed by atoms with Crippen LogP contribution < -0.4 is 5.32 Å². The molecule has 3 heterocycles. The number of nitrogens with one attached hydrogen (secondary N) is 2. The van der Waals surface area contributed by atoms with Crippen LogP contribution in [0.4, 0.5) is 24.8 Å². The predicted molar refractivity (Wildman–Crippen MR) is 138 cm³/mol. The van der Waals surface area contributed by atoms with Crippen molar-refractivity contribution in [2.75, 3.05) is 11.9 Å². The van der Waals surface area contributed by atoms with E-state index < -0.39 is 23.1 Å². The minimum Gasteiger partial charge on any atom is -0.386 e. The first-order chi connectivity index (χ1) is 17.5. The van der Waals surface area contributed by atoms with Gasteiger partial charge in [-0.1, -0.05) is 18.5 Å². The summed E-state index contributed by atoms with van der Waals surface area (Å²) in [6.07, 6.45) is 2.62. The van der Waals surface area contributed by atoms with E-state index in [9.17, 15) is 13.9 Å². The highest BCUT2D eigenvalue weighted by molar-refractivity contribution is 6.30. The van der Waals surface area contributed by atoms with Crippen LogP contribution >= 0.6 is 11.6 Å². The summed E-state index contributed by atoms with van der Waals surface area (Å²) in [5.74, 6) is -0.786. The van der Waals surface area contributed by atoms with Crippen molar-refractivity contribution >= 4 is 23.2 Å². The van der Waals surface area contributed by atoms with Crippen molar-refractivity contribution in [2.24, 2.45) is 5.92 Å². The molecule has 1 saturated heterocycles. The molecule has 37 heavy (non-hydrogen) atoms. The fourth-order valence-electron chi connectivity index (χ4n) is 5.03. The number of hydrogen-bond donors (Lipinski definition) is 3. The van der Waals surface area contributed by atoms with Crippen LogP contribution in [0.3, 0.4) is 0 Å².